The molecule has 3 aromatic rings. The number of carbonyl (C=O) groups excluding carboxylic acids is 1. The smallest absolute Gasteiger partial charge is 0.387 e. The van der Waals surface area contributed by atoms with Crippen LogP contribution in [0, 0.1) is 6.92 Å². The minimum Gasteiger partial charge on any atom is -0.493 e. The lowest BCUT2D eigenvalue weighted by Gasteiger charge is -2.10. The van der Waals surface area contributed by atoms with E-state index in [-0.39, 0.29) is 11.5 Å². The number of nitrogens with one attached hydrogen (secondary N) is 1. The molecule has 9 heteroatoms. The van der Waals surface area contributed by atoms with E-state index in [9.17, 15) is 13.6 Å². The molecule has 2 aromatic carbocycles. The summed E-state index contributed by atoms with van der Waals surface area (Å²) in [5, 5.41) is 3.88. The summed E-state index contributed by atoms with van der Waals surface area (Å²) in [6.07, 6.45) is 1.32. The zero-order valence-electron chi connectivity index (χ0n) is 16.1. The molecule has 0 aliphatic carbocycles. The van der Waals surface area contributed by atoms with Gasteiger partial charge < -0.3 is 14.0 Å². The van der Waals surface area contributed by atoms with E-state index in [2.05, 4.69) is 24.8 Å². The number of nitrogens with zero attached hydrogens (tertiary/aromatic N) is 3. The van der Waals surface area contributed by atoms with Crippen molar-refractivity contribution in [1.82, 2.24) is 15.0 Å². The molecule has 0 unspecified atom stereocenters. The molecular formula is C20H20F2N4O3. The first-order chi connectivity index (χ1) is 13.9. The van der Waals surface area contributed by atoms with E-state index in [0.29, 0.717) is 11.1 Å². The van der Waals surface area contributed by atoms with Gasteiger partial charge in [-0.3, -0.25) is 4.79 Å². The maximum atomic E-state index is 12.5. The third kappa shape index (κ3) is 4.50. The van der Waals surface area contributed by atoms with Gasteiger partial charge in [0.05, 0.1) is 24.4 Å². The molecule has 0 atom stereocenters. The Morgan fingerprint density at radius 3 is 2.76 bits per heavy atom. The first-order valence-corrected chi connectivity index (χ1v) is 8.86. The first-order valence-electron chi connectivity index (χ1n) is 8.86. The number of carbonyl (C=O) groups is 1. The van der Waals surface area contributed by atoms with E-state index in [4.69, 9.17) is 4.74 Å². The van der Waals surface area contributed by atoms with Crippen LogP contribution in [0.2, 0.25) is 0 Å². The Morgan fingerprint density at radius 1 is 1.28 bits per heavy atom. The highest BCUT2D eigenvalue weighted by Crippen LogP contribution is 2.29. The number of ether oxygens (including phenoxy) is 2. The van der Waals surface area contributed by atoms with E-state index in [1.54, 1.807) is 18.2 Å². The van der Waals surface area contributed by atoms with Crippen LogP contribution < -0.4 is 14.9 Å². The fraction of sp³-hybridized carbons (Fsp3) is 0.250. The number of halogens is 2. The summed E-state index contributed by atoms with van der Waals surface area (Å²) in [5.74, 6) is 0.510. The van der Waals surface area contributed by atoms with Gasteiger partial charge in [-0.15, -0.1) is 0 Å². The van der Waals surface area contributed by atoms with E-state index in [0.717, 1.165) is 23.4 Å². The molecule has 0 saturated heterocycles. The predicted molar refractivity (Wildman–Crippen MR) is 105 cm³/mol. The summed E-state index contributed by atoms with van der Waals surface area (Å²) in [6, 6.07) is 9.64. The number of methoxy groups -OCH3 is 1. The lowest BCUT2D eigenvalue weighted by molar-refractivity contribution is -0.0512. The van der Waals surface area contributed by atoms with Crippen LogP contribution in [0.3, 0.4) is 0 Å². The monoisotopic (exact) mass is 402 g/mol. The lowest BCUT2D eigenvalue weighted by Crippen LogP contribution is -2.17. The number of aromatic nitrogens is 2. The standard InChI is InChI=1S/C20H20F2N4O3/c1-4-26-12(2)24-15-10-14(6-7-16(15)26)19(27)25-23-11-13-5-8-17(28-3)18(9-13)29-20(21)22/h5-11,20H,4H2,1-3H3,(H,25,27)/b23-11-. The van der Waals surface area contributed by atoms with Gasteiger partial charge in [0.1, 0.15) is 5.82 Å². The fourth-order valence-corrected chi connectivity index (χ4v) is 2.98. The maximum absolute atomic E-state index is 12.5. The molecule has 0 aliphatic rings. The highest BCUT2D eigenvalue weighted by atomic mass is 19.3. The number of amides is 1. The van der Waals surface area contributed by atoms with Crippen LogP contribution >= 0.6 is 0 Å². The third-order valence-corrected chi connectivity index (χ3v) is 4.30. The Bertz CT molecular complexity index is 1060. The van der Waals surface area contributed by atoms with Gasteiger partial charge in [0.25, 0.3) is 5.91 Å². The number of hydrazone groups is 1. The van der Waals surface area contributed by atoms with Crippen LogP contribution in [0.15, 0.2) is 41.5 Å². The average Bonchev–Trinajstić information content (AvgIpc) is 3.01. The van der Waals surface area contributed by atoms with E-state index in [1.165, 1.54) is 25.5 Å². The molecule has 1 amide bonds. The molecule has 0 saturated carbocycles. The minimum absolute atomic E-state index is 0.120. The second-order valence-electron chi connectivity index (χ2n) is 6.09. The topological polar surface area (TPSA) is 77.7 Å². The van der Waals surface area contributed by atoms with Crippen LogP contribution in [0.1, 0.15) is 28.7 Å². The van der Waals surface area contributed by atoms with Crippen molar-refractivity contribution in [1.29, 1.82) is 0 Å². The Labute approximate surface area is 165 Å². The molecule has 3 rings (SSSR count). The summed E-state index contributed by atoms with van der Waals surface area (Å²) in [4.78, 5) is 16.8. The number of benzene rings is 2. The second-order valence-corrected chi connectivity index (χ2v) is 6.09. The average molecular weight is 402 g/mol. The van der Waals surface area contributed by atoms with Crippen molar-refractivity contribution in [2.75, 3.05) is 7.11 Å². The van der Waals surface area contributed by atoms with E-state index in [1.807, 2.05) is 19.9 Å². The summed E-state index contributed by atoms with van der Waals surface area (Å²) in [5.41, 5.74) is 4.95. The van der Waals surface area contributed by atoms with E-state index >= 15 is 0 Å². The summed E-state index contributed by atoms with van der Waals surface area (Å²) >= 11 is 0. The number of imidazole rings is 1. The quantitative estimate of drug-likeness (QED) is 0.482. The molecule has 0 aliphatic heterocycles. The number of hydrogen-bond donors (Lipinski definition) is 1. The van der Waals surface area contributed by atoms with Crippen molar-refractivity contribution in [3.63, 3.8) is 0 Å². The Balaban J connectivity index is 1.73. The number of fused-ring (bicyclic) bond motifs is 1. The molecule has 1 heterocycles. The molecule has 0 bridgehead atoms. The Morgan fingerprint density at radius 2 is 2.07 bits per heavy atom. The van der Waals surface area contributed by atoms with E-state index < -0.39 is 12.5 Å². The van der Waals surface area contributed by atoms with Gasteiger partial charge in [-0.2, -0.15) is 13.9 Å². The van der Waals surface area contributed by atoms with Crippen molar-refractivity contribution in [2.45, 2.75) is 27.0 Å². The summed E-state index contributed by atoms with van der Waals surface area (Å²) < 4.78 is 36.4. The molecule has 7 nitrogen and oxygen atoms in total. The predicted octanol–water partition coefficient (Wildman–Crippen LogP) is 3.74. The van der Waals surface area contributed by atoms with Gasteiger partial charge in [-0.1, -0.05) is 0 Å². The van der Waals surface area contributed by atoms with Crippen LogP contribution in [-0.4, -0.2) is 35.4 Å². The summed E-state index contributed by atoms with van der Waals surface area (Å²) in [7, 11) is 1.35. The van der Waals surface area contributed by atoms with Crippen LogP contribution in [0.25, 0.3) is 11.0 Å². The van der Waals surface area contributed by atoms with Gasteiger partial charge in [-0.25, -0.2) is 10.4 Å². The molecule has 152 valence electrons. The third-order valence-electron chi connectivity index (χ3n) is 4.30. The molecule has 0 radical (unpaired) electrons. The van der Waals surface area contributed by atoms with Gasteiger partial charge in [0.15, 0.2) is 11.5 Å². The number of aryl methyl sites for hydroxylation is 2. The molecule has 0 spiro atoms. The van der Waals surface area contributed by atoms with Crippen molar-refractivity contribution in [3.05, 3.63) is 53.3 Å². The number of rotatable bonds is 7. The van der Waals surface area contributed by atoms with Crippen LogP contribution in [-0.2, 0) is 6.54 Å². The zero-order chi connectivity index (χ0) is 21.0. The number of alkyl halides is 2. The van der Waals surface area contributed by atoms with Crippen molar-refractivity contribution in [3.8, 4) is 11.5 Å². The van der Waals surface area contributed by atoms with Crippen molar-refractivity contribution < 1.29 is 23.0 Å². The van der Waals surface area contributed by atoms with Crippen molar-refractivity contribution >= 4 is 23.2 Å². The molecule has 1 N–H and O–H groups in total. The second kappa shape index (κ2) is 8.68. The zero-order valence-corrected chi connectivity index (χ0v) is 16.1. The highest BCUT2D eigenvalue weighted by molar-refractivity contribution is 5.98. The lowest BCUT2D eigenvalue weighted by atomic mass is 10.2. The Hall–Kier alpha value is -3.49. The van der Waals surface area contributed by atoms with Gasteiger partial charge in [-0.05, 0) is 55.8 Å². The molecular weight excluding hydrogens is 382 g/mol. The fourth-order valence-electron chi connectivity index (χ4n) is 2.98. The highest BCUT2D eigenvalue weighted by Gasteiger charge is 2.12. The van der Waals surface area contributed by atoms with Gasteiger partial charge in [0, 0.05) is 12.1 Å². The maximum Gasteiger partial charge on any atom is 0.387 e. The molecule has 0 fully saturated rings. The minimum atomic E-state index is -2.98. The van der Waals surface area contributed by atoms with Crippen LogP contribution in [0.4, 0.5) is 8.78 Å². The normalized spacial score (nSPS) is 11.4. The van der Waals surface area contributed by atoms with Gasteiger partial charge >= 0.3 is 6.61 Å². The summed E-state index contributed by atoms with van der Waals surface area (Å²) in [6.45, 7) is 1.75. The first kappa shape index (κ1) is 20.2. The molecule has 1 aromatic heterocycles. The SMILES string of the molecule is CCn1c(C)nc2cc(C(=O)N/N=C\c3ccc(OC)c(OC(F)F)c3)ccc21. The van der Waals surface area contributed by atoms with Crippen LogP contribution in [0.5, 0.6) is 11.5 Å². The number of hydrogen-bond acceptors (Lipinski definition) is 5. The largest absolute Gasteiger partial charge is 0.493 e. The molecule has 29 heavy (non-hydrogen) atoms. The van der Waals surface area contributed by atoms with Crippen molar-refractivity contribution in [2.24, 2.45) is 5.10 Å². The van der Waals surface area contributed by atoms with Gasteiger partial charge in [0.2, 0.25) is 0 Å². The Kier molecular flexibility index (Phi) is 6.06.